The third kappa shape index (κ3) is 2.15. The Labute approximate surface area is 145 Å². The van der Waals surface area contributed by atoms with Gasteiger partial charge in [0.1, 0.15) is 0 Å². The second-order valence-corrected chi connectivity index (χ2v) is 7.58. The Bertz CT molecular complexity index is 1100. The lowest BCUT2D eigenvalue weighted by Gasteiger charge is -2.02. The van der Waals surface area contributed by atoms with Gasteiger partial charge >= 0.3 is 0 Å². The first-order valence-corrected chi connectivity index (χ1v) is 9.20. The third-order valence-corrected chi connectivity index (χ3v) is 5.90. The van der Waals surface area contributed by atoms with E-state index in [1.165, 1.54) is 27.3 Å². The molecule has 2 aromatic heterocycles. The zero-order valence-electron chi connectivity index (χ0n) is 12.4. The summed E-state index contributed by atoms with van der Waals surface area (Å²) < 4.78 is 1.01. The van der Waals surface area contributed by atoms with Gasteiger partial charge in [-0.05, 0) is 23.8 Å². The molecule has 1 aliphatic rings. The average Bonchev–Trinajstić information content (AvgIpc) is 3.27. The second kappa shape index (κ2) is 5.22. The van der Waals surface area contributed by atoms with Crippen LogP contribution >= 0.6 is 22.7 Å². The Morgan fingerprint density at radius 2 is 2.08 bits per heavy atom. The standard InChI is InChI=1S/C18H11N3OS2/c22-17(11-5-6-13-14(8-11)23-9-19-13)21-18-20-16-12-4-2-1-3-10(12)7-15(16)24-18/h1-6,8-9H,7H2,(H,20,21,22). The highest BCUT2D eigenvalue weighted by Gasteiger charge is 2.23. The fourth-order valence-electron chi connectivity index (χ4n) is 2.98. The number of anilines is 1. The molecule has 0 saturated heterocycles. The fraction of sp³-hybridized carbons (Fsp3) is 0.0556. The van der Waals surface area contributed by atoms with Gasteiger partial charge in [0.2, 0.25) is 0 Å². The van der Waals surface area contributed by atoms with Crippen LogP contribution in [0, 0.1) is 0 Å². The number of thiazole rings is 2. The van der Waals surface area contributed by atoms with Gasteiger partial charge in [0.15, 0.2) is 5.13 Å². The topological polar surface area (TPSA) is 54.9 Å². The third-order valence-electron chi connectivity index (χ3n) is 4.13. The Balaban J connectivity index is 1.44. The molecule has 24 heavy (non-hydrogen) atoms. The van der Waals surface area contributed by atoms with Crippen LogP contribution in [0.2, 0.25) is 0 Å². The Hall–Kier alpha value is -2.57. The van der Waals surface area contributed by atoms with Crippen molar-refractivity contribution in [3.05, 3.63) is 64.0 Å². The largest absolute Gasteiger partial charge is 0.298 e. The molecule has 4 aromatic rings. The van der Waals surface area contributed by atoms with E-state index in [0.29, 0.717) is 10.7 Å². The highest BCUT2D eigenvalue weighted by atomic mass is 32.1. The van der Waals surface area contributed by atoms with Crippen molar-refractivity contribution in [2.45, 2.75) is 6.42 Å². The molecule has 5 rings (SSSR count). The Kier molecular flexibility index (Phi) is 3.01. The predicted octanol–water partition coefficient (Wildman–Crippen LogP) is 4.58. The molecule has 0 radical (unpaired) electrons. The number of fused-ring (bicyclic) bond motifs is 4. The van der Waals surface area contributed by atoms with E-state index in [0.717, 1.165) is 22.3 Å². The summed E-state index contributed by atoms with van der Waals surface area (Å²) in [7, 11) is 0. The highest BCUT2D eigenvalue weighted by molar-refractivity contribution is 7.17. The van der Waals surface area contributed by atoms with Crippen LogP contribution in [-0.4, -0.2) is 15.9 Å². The molecule has 0 bridgehead atoms. The maximum Gasteiger partial charge on any atom is 0.257 e. The molecule has 0 saturated carbocycles. The fourth-order valence-corrected chi connectivity index (χ4v) is 4.69. The number of aromatic nitrogens is 2. The van der Waals surface area contributed by atoms with Crippen molar-refractivity contribution < 1.29 is 4.79 Å². The summed E-state index contributed by atoms with van der Waals surface area (Å²) in [6.45, 7) is 0. The minimum absolute atomic E-state index is 0.133. The van der Waals surface area contributed by atoms with Gasteiger partial charge in [-0.3, -0.25) is 10.1 Å². The molecule has 0 aliphatic heterocycles. The van der Waals surface area contributed by atoms with E-state index in [9.17, 15) is 4.79 Å². The smallest absolute Gasteiger partial charge is 0.257 e. The molecular formula is C18H11N3OS2. The zero-order valence-corrected chi connectivity index (χ0v) is 14.1. The number of carbonyl (C=O) groups excluding carboxylic acids is 1. The van der Waals surface area contributed by atoms with E-state index in [4.69, 9.17) is 0 Å². The van der Waals surface area contributed by atoms with E-state index >= 15 is 0 Å². The van der Waals surface area contributed by atoms with Crippen LogP contribution in [0.5, 0.6) is 0 Å². The van der Waals surface area contributed by atoms with Gasteiger partial charge < -0.3 is 0 Å². The Morgan fingerprint density at radius 3 is 3.04 bits per heavy atom. The highest BCUT2D eigenvalue weighted by Crippen LogP contribution is 2.40. The number of hydrogen-bond acceptors (Lipinski definition) is 5. The summed E-state index contributed by atoms with van der Waals surface area (Å²) in [5.74, 6) is -0.133. The maximum absolute atomic E-state index is 12.5. The van der Waals surface area contributed by atoms with E-state index < -0.39 is 0 Å². The van der Waals surface area contributed by atoms with Gasteiger partial charge in [-0.15, -0.1) is 22.7 Å². The summed E-state index contributed by atoms with van der Waals surface area (Å²) in [6, 6.07) is 13.8. The molecule has 0 unspecified atom stereocenters. The van der Waals surface area contributed by atoms with Gasteiger partial charge in [0, 0.05) is 22.4 Å². The molecule has 4 nitrogen and oxygen atoms in total. The monoisotopic (exact) mass is 349 g/mol. The van der Waals surface area contributed by atoms with Crippen molar-refractivity contribution in [3.63, 3.8) is 0 Å². The molecule has 1 N–H and O–H groups in total. The number of carbonyl (C=O) groups is 1. The SMILES string of the molecule is O=C(Nc1nc2c(s1)Cc1ccccc1-2)c1ccc2ncsc2c1. The lowest BCUT2D eigenvalue weighted by atomic mass is 10.1. The molecule has 2 heterocycles. The first kappa shape index (κ1) is 13.8. The van der Waals surface area contributed by atoms with Crippen LogP contribution in [0.15, 0.2) is 48.0 Å². The minimum atomic E-state index is -0.133. The van der Waals surface area contributed by atoms with E-state index in [2.05, 4.69) is 27.4 Å². The molecule has 1 amide bonds. The summed E-state index contributed by atoms with van der Waals surface area (Å²) in [5, 5.41) is 3.58. The van der Waals surface area contributed by atoms with E-state index in [1.807, 2.05) is 24.3 Å². The molecule has 6 heteroatoms. The van der Waals surface area contributed by atoms with Crippen molar-refractivity contribution in [2.24, 2.45) is 0 Å². The zero-order chi connectivity index (χ0) is 16.1. The van der Waals surface area contributed by atoms with E-state index in [-0.39, 0.29) is 5.91 Å². The number of benzene rings is 2. The lowest BCUT2D eigenvalue weighted by molar-refractivity contribution is 0.102. The van der Waals surface area contributed by atoms with Crippen LogP contribution in [0.25, 0.3) is 21.5 Å². The van der Waals surface area contributed by atoms with Crippen molar-refractivity contribution in [2.75, 3.05) is 5.32 Å². The van der Waals surface area contributed by atoms with Gasteiger partial charge in [-0.25, -0.2) is 9.97 Å². The summed E-state index contributed by atoms with van der Waals surface area (Å²) in [4.78, 5) is 22.6. The van der Waals surface area contributed by atoms with Gasteiger partial charge in [-0.2, -0.15) is 0 Å². The van der Waals surface area contributed by atoms with Crippen molar-refractivity contribution in [3.8, 4) is 11.3 Å². The minimum Gasteiger partial charge on any atom is -0.298 e. The number of rotatable bonds is 2. The lowest BCUT2D eigenvalue weighted by Crippen LogP contribution is -2.11. The van der Waals surface area contributed by atoms with Gasteiger partial charge in [-0.1, -0.05) is 24.3 Å². The van der Waals surface area contributed by atoms with Gasteiger partial charge in [0.05, 0.1) is 21.4 Å². The number of amides is 1. The molecule has 1 aliphatic carbocycles. The van der Waals surface area contributed by atoms with Crippen LogP contribution in [0.4, 0.5) is 5.13 Å². The number of nitrogens with zero attached hydrogens (tertiary/aromatic N) is 2. The Morgan fingerprint density at radius 1 is 1.17 bits per heavy atom. The number of hydrogen-bond donors (Lipinski definition) is 1. The number of nitrogens with one attached hydrogen (secondary N) is 1. The molecule has 2 aromatic carbocycles. The second-order valence-electron chi connectivity index (χ2n) is 5.61. The summed E-state index contributed by atoms with van der Waals surface area (Å²) >= 11 is 3.09. The molecule has 0 atom stereocenters. The predicted molar refractivity (Wildman–Crippen MR) is 97.9 cm³/mol. The maximum atomic E-state index is 12.5. The van der Waals surface area contributed by atoms with Crippen LogP contribution in [-0.2, 0) is 6.42 Å². The molecular weight excluding hydrogens is 338 g/mol. The first-order valence-electron chi connectivity index (χ1n) is 7.50. The van der Waals surface area contributed by atoms with Gasteiger partial charge in [0.25, 0.3) is 5.91 Å². The molecule has 116 valence electrons. The average molecular weight is 349 g/mol. The van der Waals surface area contributed by atoms with E-state index in [1.54, 1.807) is 22.9 Å². The molecule has 0 fully saturated rings. The van der Waals surface area contributed by atoms with Crippen molar-refractivity contribution >= 4 is 43.9 Å². The summed E-state index contributed by atoms with van der Waals surface area (Å²) in [6.07, 6.45) is 0.895. The van der Waals surface area contributed by atoms with Crippen molar-refractivity contribution in [1.29, 1.82) is 0 Å². The van der Waals surface area contributed by atoms with Crippen LogP contribution in [0.1, 0.15) is 20.8 Å². The quantitative estimate of drug-likeness (QED) is 0.508. The van der Waals surface area contributed by atoms with Crippen LogP contribution in [0.3, 0.4) is 0 Å². The normalized spacial score (nSPS) is 12.2. The van der Waals surface area contributed by atoms with Crippen molar-refractivity contribution in [1.82, 2.24) is 9.97 Å². The first-order chi connectivity index (χ1) is 11.8. The van der Waals surface area contributed by atoms with Crippen LogP contribution < -0.4 is 5.32 Å². The molecule has 0 spiro atoms. The summed E-state index contributed by atoms with van der Waals surface area (Å²) in [5.41, 5.74) is 6.82.